The second-order valence-corrected chi connectivity index (χ2v) is 8.97. The zero-order chi connectivity index (χ0) is 19.2. The Morgan fingerprint density at radius 1 is 1.04 bits per heavy atom. The van der Waals surface area contributed by atoms with Crippen molar-refractivity contribution in [3.05, 3.63) is 46.8 Å². The number of halogens is 5. The van der Waals surface area contributed by atoms with Crippen LogP contribution in [0.2, 0.25) is 0 Å². The number of benzene rings is 1. The molecule has 2 aromatic heterocycles. The van der Waals surface area contributed by atoms with E-state index in [2.05, 4.69) is 15.5 Å². The largest absolute Gasteiger partial charge is 0.402 e. The van der Waals surface area contributed by atoms with E-state index in [0.717, 1.165) is 4.88 Å². The first kappa shape index (κ1) is 18.3. The highest BCUT2D eigenvalue weighted by Gasteiger charge is 2.65. The predicted octanol–water partition coefficient (Wildman–Crippen LogP) is 6.02. The summed E-state index contributed by atoms with van der Waals surface area (Å²) < 4.78 is 68.5. The average Bonchev–Trinajstić information content (AvgIpc) is 3.14. The molecule has 2 heterocycles. The molecule has 0 radical (unpaired) electrons. The lowest BCUT2D eigenvalue weighted by Gasteiger charge is -2.40. The fourth-order valence-electron chi connectivity index (χ4n) is 1.96. The zero-order valence-electron chi connectivity index (χ0n) is 12.9. The Kier molecular flexibility index (Phi) is 3.71. The van der Waals surface area contributed by atoms with Crippen LogP contribution in [0.15, 0.2) is 45.7 Å². The van der Waals surface area contributed by atoms with E-state index in [1.54, 1.807) is 6.07 Å². The molecule has 5 nitrogen and oxygen atoms in total. The van der Waals surface area contributed by atoms with Gasteiger partial charge in [0.25, 0.3) is 11.8 Å². The molecule has 3 rings (SSSR count). The summed E-state index contributed by atoms with van der Waals surface area (Å²) >= 11 is 1.39. The number of nitrogens with zero attached hydrogens (tertiary/aromatic N) is 2. The van der Waals surface area contributed by atoms with Crippen molar-refractivity contribution in [2.24, 2.45) is 0 Å². The molecule has 0 spiro atoms. The van der Waals surface area contributed by atoms with Crippen LogP contribution in [0.5, 0.6) is 0 Å². The molecule has 0 saturated carbocycles. The van der Waals surface area contributed by atoms with Gasteiger partial charge in [-0.15, -0.1) is 16.4 Å². The Bertz CT molecular complexity index is 981. The van der Waals surface area contributed by atoms with E-state index in [1.807, 2.05) is 13.0 Å². The van der Waals surface area contributed by atoms with Crippen molar-refractivity contribution in [1.82, 2.24) is 10.2 Å². The van der Waals surface area contributed by atoms with Gasteiger partial charge in [-0.3, -0.25) is 10.1 Å². The van der Waals surface area contributed by atoms with Gasteiger partial charge in [-0.05, 0) is 43.3 Å². The first-order valence-corrected chi connectivity index (χ1v) is 9.64. The Morgan fingerprint density at radius 3 is 2.23 bits per heavy atom. The van der Waals surface area contributed by atoms with Crippen molar-refractivity contribution in [1.29, 1.82) is 0 Å². The lowest BCUT2D eigenvalue weighted by Crippen LogP contribution is -2.13. The zero-order valence-corrected chi connectivity index (χ0v) is 14.5. The minimum absolute atomic E-state index is 0.157. The molecule has 0 aliphatic rings. The quantitative estimate of drug-likeness (QED) is 0.534. The lowest BCUT2D eigenvalue weighted by molar-refractivity contribution is 0.102. The predicted molar refractivity (Wildman–Crippen MR) is 88.1 cm³/mol. The van der Waals surface area contributed by atoms with E-state index < -0.39 is 21.0 Å². The van der Waals surface area contributed by atoms with Gasteiger partial charge >= 0.3 is 16.2 Å². The van der Waals surface area contributed by atoms with Crippen molar-refractivity contribution < 1.29 is 28.6 Å². The Balaban J connectivity index is 1.76. The topological polar surface area (TPSA) is 68.0 Å². The molecule has 0 bridgehead atoms. The Hall–Kier alpha value is -2.47. The van der Waals surface area contributed by atoms with E-state index in [1.165, 1.54) is 11.3 Å². The van der Waals surface area contributed by atoms with Crippen LogP contribution < -0.4 is 5.32 Å². The monoisotopic (exact) mass is 411 g/mol. The number of rotatable bonds is 4. The van der Waals surface area contributed by atoms with Crippen molar-refractivity contribution in [3.8, 4) is 10.8 Å². The van der Waals surface area contributed by atoms with E-state index in [-0.39, 0.29) is 29.6 Å². The molecule has 12 heteroatoms. The van der Waals surface area contributed by atoms with Crippen molar-refractivity contribution >= 4 is 33.5 Å². The first-order valence-electron chi connectivity index (χ1n) is 6.88. The summed E-state index contributed by atoms with van der Waals surface area (Å²) in [6.45, 7) is 1.88. The van der Waals surface area contributed by atoms with Crippen LogP contribution in [0.3, 0.4) is 0 Å². The van der Waals surface area contributed by atoms with E-state index in [9.17, 15) is 24.2 Å². The SMILES string of the molecule is Cc1ccc(-c2nnc(NC(=O)c3ccc(S(F)(F)(F)(F)F)cc3)o2)s1. The summed E-state index contributed by atoms with van der Waals surface area (Å²) in [5.41, 5.74) is -0.276. The van der Waals surface area contributed by atoms with Gasteiger partial charge < -0.3 is 4.42 Å². The second-order valence-electron chi connectivity index (χ2n) is 5.27. The van der Waals surface area contributed by atoms with Gasteiger partial charge in [0.05, 0.1) is 4.88 Å². The number of hydrogen-bond acceptors (Lipinski definition) is 5. The smallest absolute Gasteiger partial charge is 0.322 e. The van der Waals surface area contributed by atoms with Gasteiger partial charge in [-0.1, -0.05) is 24.5 Å². The number of carbonyl (C=O) groups is 1. The third-order valence-corrected chi connectivity index (χ3v) is 5.31. The van der Waals surface area contributed by atoms with Gasteiger partial charge in [0, 0.05) is 10.4 Å². The summed E-state index contributed by atoms with van der Waals surface area (Å²) in [5.74, 6) is -0.717. The second kappa shape index (κ2) is 5.27. The number of thiophene rings is 1. The molecule has 0 aliphatic carbocycles. The Labute approximate surface area is 147 Å². The third kappa shape index (κ3) is 4.02. The molecular weight excluding hydrogens is 401 g/mol. The van der Waals surface area contributed by atoms with Crippen LogP contribution in [0, 0.1) is 6.92 Å². The molecule has 0 aliphatic heterocycles. The maximum atomic E-state index is 12.7. The third-order valence-electron chi connectivity index (χ3n) is 3.16. The lowest BCUT2D eigenvalue weighted by atomic mass is 10.2. The highest BCUT2D eigenvalue weighted by molar-refractivity contribution is 8.45. The molecule has 0 fully saturated rings. The highest BCUT2D eigenvalue weighted by Crippen LogP contribution is 3.02. The number of hydrogen-bond donors (Lipinski definition) is 1. The van der Waals surface area contributed by atoms with Crippen molar-refractivity contribution in [2.45, 2.75) is 11.8 Å². The fourth-order valence-corrected chi connectivity index (χ4v) is 3.39. The van der Waals surface area contributed by atoms with Crippen LogP contribution in [0.4, 0.5) is 25.4 Å². The summed E-state index contributed by atoms with van der Waals surface area (Å²) in [6, 6.07) is 4.91. The molecule has 0 atom stereocenters. The molecule has 1 aromatic carbocycles. The van der Waals surface area contributed by atoms with Crippen LogP contribution in [0.25, 0.3) is 10.8 Å². The molecule has 3 aromatic rings. The highest BCUT2D eigenvalue weighted by atomic mass is 32.5. The van der Waals surface area contributed by atoms with Crippen molar-refractivity contribution in [3.63, 3.8) is 0 Å². The van der Waals surface area contributed by atoms with Crippen LogP contribution in [-0.2, 0) is 0 Å². The number of aromatic nitrogens is 2. The number of aryl methyl sites for hydroxylation is 1. The maximum absolute atomic E-state index is 12.7. The number of carbonyl (C=O) groups excluding carboxylic acids is 1. The normalized spacial score (nSPS) is 14.5. The summed E-state index contributed by atoms with van der Waals surface area (Å²) in [7, 11) is -9.78. The summed E-state index contributed by atoms with van der Waals surface area (Å²) in [6.07, 6.45) is 0. The molecular formula is C14H10F5N3O2S2. The Morgan fingerprint density at radius 2 is 1.69 bits per heavy atom. The summed E-state index contributed by atoms with van der Waals surface area (Å²) in [4.78, 5) is 11.6. The first-order chi connectivity index (χ1) is 11.8. The van der Waals surface area contributed by atoms with Crippen molar-refractivity contribution in [2.75, 3.05) is 5.32 Å². The minimum atomic E-state index is -9.78. The number of nitrogens with one attached hydrogen (secondary N) is 1. The van der Waals surface area contributed by atoms with E-state index in [4.69, 9.17) is 4.42 Å². The fraction of sp³-hybridized carbons (Fsp3) is 0.0714. The van der Waals surface area contributed by atoms with Gasteiger partial charge in [0.1, 0.15) is 4.90 Å². The van der Waals surface area contributed by atoms with Gasteiger partial charge in [0.15, 0.2) is 0 Å². The van der Waals surface area contributed by atoms with Crippen LogP contribution in [0.1, 0.15) is 15.2 Å². The van der Waals surface area contributed by atoms with Crippen LogP contribution >= 0.6 is 21.6 Å². The van der Waals surface area contributed by atoms with E-state index >= 15 is 0 Å². The average molecular weight is 411 g/mol. The molecule has 26 heavy (non-hydrogen) atoms. The maximum Gasteiger partial charge on any atom is 0.322 e. The molecule has 0 saturated heterocycles. The number of amides is 1. The molecule has 1 amide bonds. The standard InChI is InChI=1S/C14H10F5N3O2S2/c1-8-2-7-11(25-8)13-21-22-14(24-13)20-12(23)9-3-5-10(6-4-9)26(15,16,17,18)19/h2-7H,1H3,(H,20,22,23). The van der Waals surface area contributed by atoms with Gasteiger partial charge in [-0.25, -0.2) is 0 Å². The summed E-state index contributed by atoms with van der Waals surface area (Å²) in [5, 5.41) is 9.56. The number of anilines is 1. The molecule has 140 valence electrons. The van der Waals surface area contributed by atoms with Gasteiger partial charge in [0.2, 0.25) is 0 Å². The van der Waals surface area contributed by atoms with Gasteiger partial charge in [-0.2, -0.15) is 0 Å². The van der Waals surface area contributed by atoms with E-state index in [0.29, 0.717) is 17.0 Å². The minimum Gasteiger partial charge on any atom is -0.402 e. The molecule has 0 unspecified atom stereocenters. The molecule has 1 N–H and O–H groups in total. The van der Waals surface area contributed by atoms with Crippen LogP contribution in [-0.4, -0.2) is 16.1 Å².